The molecule has 0 fully saturated rings. The molecule has 1 aromatic carbocycles. The van der Waals surface area contributed by atoms with Crippen LogP contribution in [0.3, 0.4) is 0 Å². The summed E-state index contributed by atoms with van der Waals surface area (Å²) in [5.74, 6) is 0. The number of sulfonamides is 1. The zero-order valence-corrected chi connectivity index (χ0v) is 12.8. The Bertz CT molecular complexity index is 656. The number of aromatic nitrogens is 1. The van der Waals surface area contributed by atoms with Crippen molar-refractivity contribution in [1.82, 2.24) is 15.0 Å². The molecule has 0 unspecified atom stereocenters. The van der Waals surface area contributed by atoms with Crippen LogP contribution in [0.1, 0.15) is 6.92 Å². The largest absolute Gasteiger partial charge is 0.316 e. The van der Waals surface area contributed by atoms with Crippen LogP contribution in [-0.2, 0) is 10.0 Å². The first-order valence-electron chi connectivity index (χ1n) is 6.18. The quantitative estimate of drug-likeness (QED) is 0.793. The lowest BCUT2D eigenvalue weighted by molar-refractivity contribution is 0.578. The second kappa shape index (κ2) is 7.54. The molecule has 7 heteroatoms. The van der Waals surface area contributed by atoms with E-state index in [1.807, 2.05) is 13.0 Å². The maximum atomic E-state index is 12.3. The number of hydrogen-bond donors (Lipinski definition) is 2. The zero-order valence-electron chi connectivity index (χ0n) is 11.2. The third-order valence-corrected chi connectivity index (χ3v) is 4.29. The van der Waals surface area contributed by atoms with Crippen LogP contribution in [0.25, 0.3) is 10.8 Å². The van der Waals surface area contributed by atoms with Crippen LogP contribution in [-0.4, -0.2) is 33.0 Å². The number of pyridine rings is 1. The molecule has 20 heavy (non-hydrogen) atoms. The monoisotopic (exact) mass is 315 g/mol. The van der Waals surface area contributed by atoms with E-state index in [4.69, 9.17) is 0 Å². The minimum atomic E-state index is -3.49. The van der Waals surface area contributed by atoms with Gasteiger partial charge in [0.05, 0.1) is 4.90 Å². The first-order valence-corrected chi connectivity index (χ1v) is 7.66. The van der Waals surface area contributed by atoms with Gasteiger partial charge in [-0.3, -0.25) is 4.98 Å². The Morgan fingerprint density at radius 3 is 2.75 bits per heavy atom. The van der Waals surface area contributed by atoms with E-state index in [1.54, 1.807) is 30.6 Å². The lowest BCUT2D eigenvalue weighted by Gasteiger charge is -2.09. The van der Waals surface area contributed by atoms with E-state index in [0.29, 0.717) is 23.4 Å². The summed E-state index contributed by atoms with van der Waals surface area (Å²) in [6.07, 6.45) is 3.26. The highest BCUT2D eigenvalue weighted by atomic mass is 35.5. The van der Waals surface area contributed by atoms with Crippen LogP contribution >= 0.6 is 12.4 Å². The van der Waals surface area contributed by atoms with Crippen molar-refractivity contribution in [2.24, 2.45) is 0 Å². The van der Waals surface area contributed by atoms with Gasteiger partial charge in [-0.2, -0.15) is 0 Å². The molecule has 0 amide bonds. The number of fused-ring (bicyclic) bond motifs is 1. The SMILES string of the molecule is CCNCCNS(=O)(=O)c1cccc2cnccc12.Cl. The van der Waals surface area contributed by atoms with Crippen molar-refractivity contribution in [3.05, 3.63) is 36.7 Å². The fraction of sp³-hybridized carbons (Fsp3) is 0.308. The smallest absolute Gasteiger partial charge is 0.241 e. The Balaban J connectivity index is 0.00000200. The van der Waals surface area contributed by atoms with Crippen LogP contribution in [0.15, 0.2) is 41.6 Å². The van der Waals surface area contributed by atoms with Crippen molar-refractivity contribution in [1.29, 1.82) is 0 Å². The molecule has 2 rings (SSSR count). The van der Waals surface area contributed by atoms with Crippen LogP contribution in [0, 0.1) is 0 Å². The normalized spacial score (nSPS) is 11.2. The maximum Gasteiger partial charge on any atom is 0.241 e. The van der Waals surface area contributed by atoms with E-state index in [2.05, 4.69) is 15.0 Å². The number of benzene rings is 1. The van der Waals surface area contributed by atoms with Crippen LogP contribution in [0.5, 0.6) is 0 Å². The second-order valence-electron chi connectivity index (χ2n) is 4.10. The van der Waals surface area contributed by atoms with Crippen molar-refractivity contribution in [2.75, 3.05) is 19.6 Å². The fourth-order valence-electron chi connectivity index (χ4n) is 1.86. The molecule has 0 aliphatic carbocycles. The van der Waals surface area contributed by atoms with Crippen molar-refractivity contribution in [3.63, 3.8) is 0 Å². The standard InChI is InChI=1S/C13H17N3O2S.ClH/c1-2-14-8-9-16-19(17,18)13-5-3-4-11-10-15-7-6-12(11)13;/h3-7,10,14,16H,2,8-9H2,1H3;1H. The number of hydrogen-bond acceptors (Lipinski definition) is 4. The Morgan fingerprint density at radius 1 is 1.20 bits per heavy atom. The molecule has 0 bridgehead atoms. The first kappa shape index (κ1) is 16.8. The molecule has 2 aromatic rings. The highest BCUT2D eigenvalue weighted by Gasteiger charge is 2.16. The van der Waals surface area contributed by atoms with E-state index in [-0.39, 0.29) is 12.4 Å². The molecule has 2 N–H and O–H groups in total. The van der Waals surface area contributed by atoms with Gasteiger partial charge in [0.25, 0.3) is 0 Å². The summed E-state index contributed by atoms with van der Waals surface area (Å²) in [6, 6.07) is 6.90. The van der Waals surface area contributed by atoms with Gasteiger partial charge in [0.1, 0.15) is 0 Å². The number of rotatable bonds is 6. The third kappa shape index (κ3) is 3.89. The molecule has 1 heterocycles. The molecule has 1 aromatic heterocycles. The second-order valence-corrected chi connectivity index (χ2v) is 5.84. The highest BCUT2D eigenvalue weighted by Crippen LogP contribution is 2.21. The van der Waals surface area contributed by atoms with Crippen molar-refractivity contribution in [2.45, 2.75) is 11.8 Å². The van der Waals surface area contributed by atoms with E-state index >= 15 is 0 Å². The summed E-state index contributed by atoms with van der Waals surface area (Å²) in [7, 11) is -3.49. The summed E-state index contributed by atoms with van der Waals surface area (Å²) in [6.45, 7) is 3.79. The van der Waals surface area contributed by atoms with E-state index in [9.17, 15) is 8.42 Å². The molecule has 0 spiro atoms. The van der Waals surface area contributed by atoms with E-state index in [0.717, 1.165) is 11.9 Å². The predicted octanol–water partition coefficient (Wildman–Crippen LogP) is 1.54. The van der Waals surface area contributed by atoms with Gasteiger partial charge >= 0.3 is 0 Å². The maximum absolute atomic E-state index is 12.3. The average Bonchev–Trinajstić information content (AvgIpc) is 2.43. The van der Waals surface area contributed by atoms with Gasteiger partial charge in [-0.15, -0.1) is 12.4 Å². The van der Waals surface area contributed by atoms with Crippen LogP contribution < -0.4 is 10.0 Å². The number of likely N-dealkylation sites (N-methyl/N-ethyl adjacent to an activating group) is 1. The Morgan fingerprint density at radius 2 is 2.00 bits per heavy atom. The van der Waals surface area contributed by atoms with Crippen LogP contribution in [0.4, 0.5) is 0 Å². The van der Waals surface area contributed by atoms with Crippen molar-refractivity contribution in [3.8, 4) is 0 Å². The van der Waals surface area contributed by atoms with Gasteiger partial charge in [0.15, 0.2) is 0 Å². The van der Waals surface area contributed by atoms with Gasteiger partial charge in [-0.25, -0.2) is 13.1 Å². The Labute approximate surface area is 125 Å². The summed E-state index contributed by atoms with van der Waals surface area (Å²) >= 11 is 0. The Hall–Kier alpha value is -1.21. The Kier molecular flexibility index (Phi) is 6.35. The molecule has 0 radical (unpaired) electrons. The molecule has 0 saturated carbocycles. The molecule has 0 saturated heterocycles. The molecule has 110 valence electrons. The van der Waals surface area contributed by atoms with Crippen molar-refractivity contribution < 1.29 is 8.42 Å². The van der Waals surface area contributed by atoms with E-state index in [1.165, 1.54) is 0 Å². The van der Waals surface area contributed by atoms with Gasteiger partial charge in [-0.05, 0) is 18.7 Å². The number of nitrogens with one attached hydrogen (secondary N) is 2. The summed E-state index contributed by atoms with van der Waals surface area (Å²) < 4.78 is 27.1. The highest BCUT2D eigenvalue weighted by molar-refractivity contribution is 7.89. The zero-order chi connectivity index (χ0) is 13.7. The van der Waals surface area contributed by atoms with E-state index < -0.39 is 10.0 Å². The number of nitrogens with zero attached hydrogens (tertiary/aromatic N) is 1. The molecular formula is C13H18ClN3O2S. The molecule has 0 aliphatic heterocycles. The van der Waals surface area contributed by atoms with Gasteiger partial charge in [0, 0.05) is 36.3 Å². The van der Waals surface area contributed by atoms with Gasteiger partial charge in [-0.1, -0.05) is 19.1 Å². The van der Waals surface area contributed by atoms with Gasteiger partial charge in [0.2, 0.25) is 10.0 Å². The predicted molar refractivity (Wildman–Crippen MR) is 82.7 cm³/mol. The lowest BCUT2D eigenvalue weighted by atomic mass is 10.2. The number of halogens is 1. The molecular weight excluding hydrogens is 298 g/mol. The topological polar surface area (TPSA) is 71.1 Å². The van der Waals surface area contributed by atoms with Crippen molar-refractivity contribution >= 4 is 33.2 Å². The third-order valence-electron chi connectivity index (χ3n) is 2.77. The first-order chi connectivity index (χ1) is 9.15. The lowest BCUT2D eigenvalue weighted by Crippen LogP contribution is -2.31. The summed E-state index contributed by atoms with van der Waals surface area (Å²) in [5.41, 5.74) is 0. The van der Waals surface area contributed by atoms with Gasteiger partial charge < -0.3 is 5.32 Å². The fourth-order valence-corrected chi connectivity index (χ4v) is 3.11. The summed E-state index contributed by atoms with van der Waals surface area (Å²) in [5, 5.41) is 4.58. The molecule has 0 aliphatic rings. The summed E-state index contributed by atoms with van der Waals surface area (Å²) in [4.78, 5) is 4.29. The average molecular weight is 316 g/mol. The minimum absolute atomic E-state index is 0. The molecule has 5 nitrogen and oxygen atoms in total. The molecule has 0 atom stereocenters. The van der Waals surface area contributed by atoms with Crippen LogP contribution in [0.2, 0.25) is 0 Å². The minimum Gasteiger partial charge on any atom is -0.316 e.